The van der Waals surface area contributed by atoms with Crippen molar-refractivity contribution in [3.63, 3.8) is 0 Å². The van der Waals surface area contributed by atoms with Gasteiger partial charge < -0.3 is 4.74 Å². The van der Waals surface area contributed by atoms with Crippen LogP contribution in [0.2, 0.25) is 5.02 Å². The van der Waals surface area contributed by atoms with Gasteiger partial charge in [0.25, 0.3) is 0 Å². The minimum absolute atomic E-state index is 0. The van der Waals surface area contributed by atoms with E-state index in [0.29, 0.717) is 5.02 Å². The number of nitrogens with zero attached hydrogens (tertiary/aromatic N) is 1. The number of benzene rings is 1. The van der Waals surface area contributed by atoms with Gasteiger partial charge in [-0.2, -0.15) is 0 Å². The van der Waals surface area contributed by atoms with Crippen LogP contribution >= 0.6 is 34.2 Å². The summed E-state index contributed by atoms with van der Waals surface area (Å²) < 4.78 is 6.26. The van der Waals surface area contributed by atoms with E-state index in [1.807, 2.05) is 18.2 Å². The summed E-state index contributed by atoms with van der Waals surface area (Å²) in [5.74, 6) is 0.783. The fraction of sp³-hybridized carbons (Fsp3) is 0.100. The van der Waals surface area contributed by atoms with Gasteiger partial charge in [0.2, 0.25) is 0 Å². The summed E-state index contributed by atoms with van der Waals surface area (Å²) in [5, 5.41) is 1.63. The summed E-state index contributed by atoms with van der Waals surface area (Å²) in [4.78, 5) is 4.26. The first kappa shape index (κ1) is 13.0. The molecule has 0 amide bonds. The minimum atomic E-state index is 0. The zero-order chi connectivity index (χ0) is 10.1. The van der Waals surface area contributed by atoms with E-state index in [0.717, 1.165) is 20.2 Å². The zero-order valence-corrected chi connectivity index (χ0v) is 11.9. The fourth-order valence-electron chi connectivity index (χ4n) is 1.34. The molecular weight excluding hydrogens is 366 g/mol. The van der Waals surface area contributed by atoms with Gasteiger partial charge in [0, 0.05) is 11.6 Å². The number of halogens is 2. The summed E-state index contributed by atoms with van der Waals surface area (Å²) in [5.41, 5.74) is 0.812. The monoisotopic (exact) mass is 373 g/mol. The molecule has 0 N–H and O–H groups in total. The molecule has 0 bridgehead atoms. The first-order valence-electron chi connectivity index (χ1n) is 4.00. The molecule has 0 saturated heterocycles. The van der Waals surface area contributed by atoms with Crippen LogP contribution in [-0.2, 0) is 17.1 Å². The maximum absolute atomic E-state index is 6.09. The molecule has 0 unspecified atom stereocenters. The van der Waals surface area contributed by atoms with E-state index in [4.69, 9.17) is 16.3 Å². The van der Waals surface area contributed by atoms with Gasteiger partial charge in [0.05, 0.1) is 15.7 Å². The minimum Gasteiger partial charge on any atom is -0.493 e. The molecule has 5 heteroatoms. The van der Waals surface area contributed by atoms with Crippen LogP contribution in [0.5, 0.6) is 5.75 Å². The van der Waals surface area contributed by atoms with Crippen molar-refractivity contribution in [1.82, 2.24) is 4.98 Å². The van der Waals surface area contributed by atoms with Crippen molar-refractivity contribution in [1.29, 1.82) is 0 Å². The Hall–Kier alpha value is -0.0305. The third-order valence-corrected chi connectivity index (χ3v) is 3.07. The van der Waals surface area contributed by atoms with Crippen molar-refractivity contribution in [3.8, 4) is 5.75 Å². The SMILES string of the molecule is [11CH3]Oc1c(I)cc(Cl)c2cccnc12.[Mn+2]. The normalized spacial score (nSPS) is 9.80. The number of hydrogen-bond acceptors (Lipinski definition) is 2. The van der Waals surface area contributed by atoms with Crippen molar-refractivity contribution < 1.29 is 21.8 Å². The van der Waals surface area contributed by atoms with Crippen LogP contribution in [0.4, 0.5) is 0 Å². The van der Waals surface area contributed by atoms with E-state index in [9.17, 15) is 0 Å². The third-order valence-electron chi connectivity index (χ3n) is 1.95. The summed E-state index contributed by atoms with van der Waals surface area (Å²) in [6.45, 7) is 0. The summed E-state index contributed by atoms with van der Waals surface area (Å²) >= 11 is 8.28. The molecular formula is C10H7ClIMnNO+2. The van der Waals surface area contributed by atoms with Gasteiger partial charge in [0.1, 0.15) is 5.52 Å². The van der Waals surface area contributed by atoms with Crippen molar-refractivity contribution in [2.24, 2.45) is 0 Å². The van der Waals surface area contributed by atoms with Crippen LogP contribution in [0.25, 0.3) is 10.9 Å². The second-order valence-electron chi connectivity index (χ2n) is 2.77. The number of hydrogen-bond donors (Lipinski definition) is 0. The van der Waals surface area contributed by atoms with Crippen LogP contribution < -0.4 is 4.74 Å². The molecule has 15 heavy (non-hydrogen) atoms. The summed E-state index contributed by atoms with van der Waals surface area (Å²) in [7, 11) is 1.64. The molecule has 0 fully saturated rings. The topological polar surface area (TPSA) is 22.1 Å². The number of fused-ring (bicyclic) bond motifs is 1. The molecule has 0 saturated carbocycles. The quantitative estimate of drug-likeness (QED) is 0.564. The molecule has 1 aromatic carbocycles. The van der Waals surface area contributed by atoms with Crippen molar-refractivity contribution in [2.75, 3.05) is 7.11 Å². The van der Waals surface area contributed by atoms with Crippen molar-refractivity contribution >= 4 is 45.1 Å². The van der Waals surface area contributed by atoms with Gasteiger partial charge in [-0.25, -0.2) is 0 Å². The van der Waals surface area contributed by atoms with Gasteiger partial charge in [-0.3, -0.25) is 4.98 Å². The second kappa shape index (κ2) is 5.34. The number of ether oxygens (including phenoxy) is 1. The van der Waals surface area contributed by atoms with Crippen molar-refractivity contribution in [3.05, 3.63) is 33.0 Å². The number of methoxy groups -OCH3 is 1. The standard InChI is InChI=1S/C10H7ClINO.Mn/c1-14-10-8(12)5-7(11)6-3-2-4-13-9(6)10;/h2-5H,1H3;/q;+2/i1-1;. The summed E-state index contributed by atoms with van der Waals surface area (Å²) in [6.07, 6.45) is 1.73. The van der Waals surface area contributed by atoms with E-state index < -0.39 is 0 Å². The molecule has 1 aromatic heterocycles. The van der Waals surface area contributed by atoms with Crippen LogP contribution in [0, 0.1) is 3.57 Å². The van der Waals surface area contributed by atoms with Crippen LogP contribution in [0.1, 0.15) is 0 Å². The Labute approximate surface area is 117 Å². The van der Waals surface area contributed by atoms with E-state index in [2.05, 4.69) is 27.6 Å². The molecule has 77 valence electrons. The molecule has 1 heterocycles. The van der Waals surface area contributed by atoms with Crippen molar-refractivity contribution in [2.45, 2.75) is 0 Å². The molecule has 2 nitrogen and oxygen atoms in total. The van der Waals surface area contributed by atoms with Gasteiger partial charge in [-0.05, 0) is 40.8 Å². The Morgan fingerprint density at radius 1 is 1.47 bits per heavy atom. The Morgan fingerprint density at radius 2 is 2.20 bits per heavy atom. The largest absolute Gasteiger partial charge is 2.00 e. The van der Waals surface area contributed by atoms with Gasteiger partial charge in [0.15, 0.2) is 5.75 Å². The molecule has 0 aliphatic rings. The smallest absolute Gasteiger partial charge is 0.493 e. The first-order valence-corrected chi connectivity index (χ1v) is 5.46. The number of aromatic nitrogens is 1. The Kier molecular flexibility index (Phi) is 4.64. The molecule has 1 radical (unpaired) electrons. The van der Waals surface area contributed by atoms with Crippen LogP contribution in [-0.4, -0.2) is 12.1 Å². The second-order valence-corrected chi connectivity index (χ2v) is 4.34. The summed E-state index contributed by atoms with van der Waals surface area (Å²) in [6, 6.07) is 5.68. The predicted octanol–water partition coefficient (Wildman–Crippen LogP) is 3.50. The molecule has 2 rings (SSSR count). The first-order chi connectivity index (χ1) is 6.74. The molecule has 2 aromatic rings. The van der Waals surface area contributed by atoms with Crippen LogP contribution in [0.15, 0.2) is 24.4 Å². The number of pyridine rings is 1. The zero-order valence-electron chi connectivity index (χ0n) is 7.80. The maximum Gasteiger partial charge on any atom is 2.00 e. The van der Waals surface area contributed by atoms with E-state index >= 15 is 0 Å². The molecule has 0 aliphatic heterocycles. The van der Waals surface area contributed by atoms with E-state index in [1.165, 1.54) is 0 Å². The predicted molar refractivity (Wildman–Crippen MR) is 66.0 cm³/mol. The van der Waals surface area contributed by atoms with Crippen LogP contribution in [0.3, 0.4) is 0 Å². The average molecular weight is 373 g/mol. The van der Waals surface area contributed by atoms with E-state index in [-0.39, 0.29) is 17.1 Å². The molecule has 0 atom stereocenters. The Bertz CT molecular complexity index is 492. The Balaban J connectivity index is 0.00000112. The van der Waals surface area contributed by atoms with Gasteiger partial charge in [-0.1, -0.05) is 11.6 Å². The number of rotatable bonds is 1. The third kappa shape index (κ3) is 2.38. The molecule has 0 spiro atoms. The van der Waals surface area contributed by atoms with Gasteiger partial charge in [-0.15, -0.1) is 0 Å². The molecule has 0 aliphatic carbocycles. The average Bonchev–Trinajstić information content (AvgIpc) is 2.18. The Morgan fingerprint density at radius 3 is 2.87 bits per heavy atom. The maximum atomic E-state index is 6.09. The van der Waals surface area contributed by atoms with Gasteiger partial charge >= 0.3 is 17.1 Å². The van der Waals surface area contributed by atoms with E-state index in [1.54, 1.807) is 13.3 Å². The fourth-order valence-corrected chi connectivity index (χ4v) is 2.57.